The highest BCUT2D eigenvalue weighted by molar-refractivity contribution is 6.30. The molecule has 8 heteroatoms. The van der Waals surface area contributed by atoms with Crippen LogP contribution in [0.15, 0.2) is 62.5 Å². The summed E-state index contributed by atoms with van der Waals surface area (Å²) >= 11 is 6.04. The van der Waals surface area contributed by atoms with Crippen LogP contribution in [0.4, 0.5) is 0 Å². The molecule has 2 heterocycles. The van der Waals surface area contributed by atoms with Crippen LogP contribution in [-0.2, 0) is 4.79 Å². The normalized spacial score (nSPS) is 11.3. The molecule has 0 spiro atoms. The molecule has 0 radical (unpaired) electrons. The second-order valence-electron chi connectivity index (χ2n) is 7.37. The Kier molecular flexibility index (Phi) is 4.56. The van der Waals surface area contributed by atoms with Crippen molar-refractivity contribution in [3.63, 3.8) is 0 Å². The zero-order valence-corrected chi connectivity index (χ0v) is 17.7. The Morgan fingerprint density at radius 2 is 1.78 bits per heavy atom. The maximum atomic E-state index is 13.0. The van der Waals surface area contributed by atoms with Crippen molar-refractivity contribution in [2.45, 2.75) is 13.8 Å². The maximum absolute atomic E-state index is 13.0. The Morgan fingerprint density at radius 3 is 2.50 bits per heavy atom. The standard InChI is InChI=1S/C24H15ClN2O5/c1-11-26-22-20(23(29)27-11)17(13-3-5-14(25)6-4-13)10-18-16-8-7-15(31-12(2)28)9-19(16)32-24(30)21(18)22/h3-10H,1-2H3,(H,26,27,29). The molecule has 0 amide bonds. The molecule has 0 aliphatic rings. The van der Waals surface area contributed by atoms with E-state index in [1.807, 2.05) is 0 Å². The Labute approximate surface area is 185 Å². The second kappa shape index (κ2) is 7.32. The topological polar surface area (TPSA) is 102 Å². The molecule has 0 saturated carbocycles. The minimum atomic E-state index is -0.641. The van der Waals surface area contributed by atoms with Crippen molar-refractivity contribution >= 4 is 50.2 Å². The molecule has 0 aliphatic heterocycles. The maximum Gasteiger partial charge on any atom is 0.346 e. The van der Waals surface area contributed by atoms with Gasteiger partial charge in [0.2, 0.25) is 0 Å². The van der Waals surface area contributed by atoms with Gasteiger partial charge in [-0.25, -0.2) is 9.78 Å². The smallest absolute Gasteiger partial charge is 0.346 e. The molecule has 7 nitrogen and oxygen atoms in total. The van der Waals surface area contributed by atoms with Crippen LogP contribution in [0.25, 0.3) is 43.8 Å². The van der Waals surface area contributed by atoms with E-state index >= 15 is 0 Å². The lowest BCUT2D eigenvalue weighted by Gasteiger charge is -2.12. The Balaban J connectivity index is 1.97. The third-order valence-corrected chi connectivity index (χ3v) is 5.42. The summed E-state index contributed by atoms with van der Waals surface area (Å²) < 4.78 is 10.6. The number of esters is 1. The molecule has 2 aromatic heterocycles. The Hall–Kier alpha value is -3.97. The van der Waals surface area contributed by atoms with Gasteiger partial charge in [0, 0.05) is 28.8 Å². The summed E-state index contributed by atoms with van der Waals surface area (Å²) in [5.74, 6) is 0.154. The molecule has 1 N–H and O–H groups in total. The van der Waals surface area contributed by atoms with Crippen LogP contribution in [-0.4, -0.2) is 15.9 Å². The van der Waals surface area contributed by atoms with Crippen molar-refractivity contribution in [1.29, 1.82) is 0 Å². The van der Waals surface area contributed by atoms with Crippen LogP contribution in [0.3, 0.4) is 0 Å². The van der Waals surface area contributed by atoms with Gasteiger partial charge in [0.05, 0.1) is 16.3 Å². The number of aryl methyl sites for hydroxylation is 1. The fourth-order valence-electron chi connectivity index (χ4n) is 3.90. The minimum absolute atomic E-state index is 0.208. The van der Waals surface area contributed by atoms with Crippen molar-refractivity contribution in [3.05, 3.63) is 80.2 Å². The van der Waals surface area contributed by atoms with E-state index in [0.717, 1.165) is 5.56 Å². The number of aromatic nitrogens is 2. The number of aromatic amines is 1. The zero-order valence-electron chi connectivity index (χ0n) is 17.0. The molecule has 0 fully saturated rings. The number of fused-ring (bicyclic) bond motifs is 5. The van der Waals surface area contributed by atoms with E-state index < -0.39 is 11.6 Å². The van der Waals surface area contributed by atoms with Crippen LogP contribution < -0.4 is 15.9 Å². The molecule has 0 atom stereocenters. The number of halogens is 1. The molecule has 158 valence electrons. The molecular weight excluding hydrogens is 432 g/mol. The number of benzene rings is 3. The third kappa shape index (κ3) is 3.23. The number of nitrogens with one attached hydrogen (secondary N) is 1. The van der Waals surface area contributed by atoms with Gasteiger partial charge in [-0.1, -0.05) is 23.7 Å². The highest BCUT2D eigenvalue weighted by Gasteiger charge is 2.19. The Bertz CT molecular complexity index is 1680. The van der Waals surface area contributed by atoms with E-state index in [9.17, 15) is 14.4 Å². The third-order valence-electron chi connectivity index (χ3n) is 5.17. The molecule has 5 rings (SSSR count). The van der Waals surface area contributed by atoms with Crippen molar-refractivity contribution in [3.8, 4) is 16.9 Å². The van der Waals surface area contributed by atoms with Gasteiger partial charge in [-0.15, -0.1) is 0 Å². The summed E-state index contributed by atoms with van der Waals surface area (Å²) in [6.45, 7) is 2.94. The van der Waals surface area contributed by atoms with Crippen molar-refractivity contribution in [2.75, 3.05) is 0 Å². The number of hydrogen-bond acceptors (Lipinski definition) is 6. The van der Waals surface area contributed by atoms with Gasteiger partial charge in [0.1, 0.15) is 17.2 Å². The fourth-order valence-corrected chi connectivity index (χ4v) is 4.03. The van der Waals surface area contributed by atoms with Crippen LogP contribution >= 0.6 is 11.6 Å². The predicted octanol–water partition coefficient (Wildman–Crippen LogP) is 4.74. The van der Waals surface area contributed by atoms with Gasteiger partial charge in [-0.2, -0.15) is 0 Å². The van der Waals surface area contributed by atoms with Crippen LogP contribution in [0.5, 0.6) is 5.75 Å². The molecule has 0 bridgehead atoms. The van der Waals surface area contributed by atoms with Crippen LogP contribution in [0, 0.1) is 6.92 Å². The predicted molar refractivity (Wildman–Crippen MR) is 122 cm³/mol. The number of carbonyl (C=O) groups excluding carboxylic acids is 1. The summed E-state index contributed by atoms with van der Waals surface area (Å²) in [6, 6.07) is 13.6. The largest absolute Gasteiger partial charge is 0.427 e. The summed E-state index contributed by atoms with van der Waals surface area (Å²) in [7, 11) is 0. The molecule has 32 heavy (non-hydrogen) atoms. The molecule has 0 unspecified atom stereocenters. The van der Waals surface area contributed by atoms with Crippen molar-refractivity contribution in [1.82, 2.24) is 9.97 Å². The first kappa shape index (κ1) is 20.0. The van der Waals surface area contributed by atoms with Crippen LogP contribution in [0.1, 0.15) is 12.7 Å². The first-order valence-corrected chi connectivity index (χ1v) is 10.1. The Morgan fingerprint density at radius 1 is 1.03 bits per heavy atom. The van der Waals surface area contributed by atoms with Gasteiger partial charge >= 0.3 is 11.6 Å². The average Bonchev–Trinajstić information content (AvgIpc) is 2.72. The quantitative estimate of drug-likeness (QED) is 0.182. The summed E-state index contributed by atoms with van der Waals surface area (Å²) in [4.78, 5) is 44.4. The highest BCUT2D eigenvalue weighted by atomic mass is 35.5. The highest BCUT2D eigenvalue weighted by Crippen LogP contribution is 2.35. The van der Waals surface area contributed by atoms with Crippen molar-refractivity contribution in [2.24, 2.45) is 0 Å². The summed E-state index contributed by atoms with van der Waals surface area (Å²) in [5, 5.41) is 2.24. The number of rotatable bonds is 2. The number of nitrogens with zero attached hydrogens (tertiary/aromatic N) is 1. The second-order valence-corrected chi connectivity index (χ2v) is 7.81. The monoisotopic (exact) mass is 446 g/mol. The van der Waals surface area contributed by atoms with E-state index in [1.54, 1.807) is 49.4 Å². The lowest BCUT2D eigenvalue weighted by molar-refractivity contribution is -0.131. The number of ether oxygens (including phenoxy) is 1. The number of carbonyl (C=O) groups is 1. The van der Waals surface area contributed by atoms with E-state index in [-0.39, 0.29) is 33.2 Å². The van der Waals surface area contributed by atoms with E-state index in [1.165, 1.54) is 13.0 Å². The average molecular weight is 447 g/mol. The van der Waals surface area contributed by atoms with Gasteiger partial charge in [-0.3, -0.25) is 9.59 Å². The molecule has 3 aromatic carbocycles. The molecular formula is C24H15ClN2O5. The first-order valence-electron chi connectivity index (χ1n) is 9.70. The van der Waals surface area contributed by atoms with Crippen molar-refractivity contribution < 1.29 is 13.9 Å². The lowest BCUT2D eigenvalue weighted by Crippen LogP contribution is -2.13. The molecule has 0 aliphatic carbocycles. The van der Waals surface area contributed by atoms with Crippen LogP contribution in [0.2, 0.25) is 5.02 Å². The van der Waals surface area contributed by atoms with Gasteiger partial charge in [0.25, 0.3) is 5.56 Å². The van der Waals surface area contributed by atoms with E-state index in [4.69, 9.17) is 20.8 Å². The summed E-state index contributed by atoms with van der Waals surface area (Å²) in [6.07, 6.45) is 0. The molecule has 5 aromatic rings. The van der Waals surface area contributed by atoms with Gasteiger partial charge in [-0.05, 0) is 48.4 Å². The minimum Gasteiger partial charge on any atom is -0.427 e. The SMILES string of the molecule is CC(=O)Oc1ccc2c(c1)oc(=O)c1c2cc(-c2ccc(Cl)cc2)c2c(=O)[nH]c(C)nc21. The first-order chi connectivity index (χ1) is 15.3. The van der Waals surface area contributed by atoms with Gasteiger partial charge in [0.15, 0.2) is 0 Å². The fraction of sp³-hybridized carbons (Fsp3) is 0.0833. The number of hydrogen-bond donors (Lipinski definition) is 1. The lowest BCUT2D eigenvalue weighted by atomic mass is 9.95. The number of H-pyrrole nitrogens is 1. The zero-order chi connectivity index (χ0) is 22.6. The van der Waals surface area contributed by atoms with E-state index in [2.05, 4.69) is 9.97 Å². The summed E-state index contributed by atoms with van der Waals surface area (Å²) in [5.41, 5.74) is 0.864. The molecule has 0 saturated heterocycles. The van der Waals surface area contributed by atoms with E-state index in [0.29, 0.717) is 27.2 Å². The van der Waals surface area contributed by atoms with Gasteiger partial charge < -0.3 is 14.1 Å².